The van der Waals surface area contributed by atoms with E-state index < -0.39 is 0 Å². The van der Waals surface area contributed by atoms with Crippen LogP contribution >= 0.6 is 0 Å². The smallest absolute Gasteiger partial charge is 0.134 e. The number of rotatable bonds is 5. The Morgan fingerprint density at radius 2 is 2.08 bits per heavy atom. The molecule has 13 heavy (non-hydrogen) atoms. The number of aliphatic imine (C=N–C) groups is 1. The molecule has 0 rings (SSSR count). The Hall–Kier alpha value is -1.51. The van der Waals surface area contributed by atoms with Gasteiger partial charge in [-0.2, -0.15) is 0 Å². The van der Waals surface area contributed by atoms with Crippen molar-refractivity contribution in [1.29, 1.82) is 0 Å². The molecule has 0 fully saturated rings. The van der Waals surface area contributed by atoms with Crippen LogP contribution in [-0.4, -0.2) is 13.3 Å². The van der Waals surface area contributed by atoms with E-state index in [9.17, 15) is 0 Å². The number of allylic oxidation sites excluding steroid dienone is 1. The van der Waals surface area contributed by atoms with Crippen molar-refractivity contribution in [2.45, 2.75) is 13.8 Å². The maximum atomic E-state index is 4.15. The molecule has 0 aliphatic heterocycles. The zero-order valence-corrected chi connectivity index (χ0v) is 8.52. The van der Waals surface area contributed by atoms with Crippen LogP contribution in [0, 0.1) is 0 Å². The molecule has 0 aromatic carbocycles. The van der Waals surface area contributed by atoms with Crippen molar-refractivity contribution >= 4 is 6.21 Å². The lowest BCUT2D eigenvalue weighted by Gasteiger charge is -2.09. The molecule has 0 aromatic rings. The van der Waals surface area contributed by atoms with Gasteiger partial charge in [-0.15, -0.1) is 0 Å². The highest BCUT2D eigenvalue weighted by molar-refractivity contribution is 5.56. The van der Waals surface area contributed by atoms with Crippen LogP contribution in [0.25, 0.3) is 0 Å². The van der Waals surface area contributed by atoms with E-state index >= 15 is 0 Å². The lowest BCUT2D eigenvalue weighted by atomic mass is 10.2. The van der Waals surface area contributed by atoms with Crippen molar-refractivity contribution in [3.63, 3.8) is 0 Å². The van der Waals surface area contributed by atoms with Gasteiger partial charge in [0.1, 0.15) is 5.82 Å². The molecule has 0 radical (unpaired) electrons. The lowest BCUT2D eigenvalue weighted by molar-refractivity contribution is 0.941. The van der Waals surface area contributed by atoms with E-state index in [1.807, 2.05) is 20.9 Å². The van der Waals surface area contributed by atoms with Crippen LogP contribution in [0.5, 0.6) is 0 Å². The lowest BCUT2D eigenvalue weighted by Crippen LogP contribution is -2.12. The van der Waals surface area contributed by atoms with Crippen LogP contribution in [0.1, 0.15) is 13.8 Å². The molecular formula is C10H17N3. The quantitative estimate of drug-likeness (QED) is 0.498. The molecule has 0 saturated heterocycles. The number of hydrogen-bond acceptors (Lipinski definition) is 3. The largest absolute Gasteiger partial charge is 0.388 e. The fourth-order valence-electron chi connectivity index (χ4n) is 0.799. The minimum atomic E-state index is 0.761. The third-order valence-corrected chi connectivity index (χ3v) is 1.61. The first kappa shape index (κ1) is 11.5. The van der Waals surface area contributed by atoms with Gasteiger partial charge in [0, 0.05) is 24.5 Å². The van der Waals surface area contributed by atoms with Gasteiger partial charge in [0.15, 0.2) is 0 Å². The zero-order valence-electron chi connectivity index (χ0n) is 8.52. The van der Waals surface area contributed by atoms with Crippen molar-refractivity contribution in [1.82, 2.24) is 10.6 Å². The summed E-state index contributed by atoms with van der Waals surface area (Å²) in [5.74, 6) is 0.761. The molecule has 0 bridgehead atoms. The predicted molar refractivity (Wildman–Crippen MR) is 58.4 cm³/mol. The molecule has 0 aliphatic rings. The second-order valence-electron chi connectivity index (χ2n) is 2.44. The minimum Gasteiger partial charge on any atom is -0.388 e. The van der Waals surface area contributed by atoms with Crippen LogP contribution < -0.4 is 10.6 Å². The summed E-state index contributed by atoms with van der Waals surface area (Å²) in [5.41, 5.74) is 1.82. The first-order chi connectivity index (χ1) is 6.17. The number of hydrogen-bond donors (Lipinski definition) is 2. The van der Waals surface area contributed by atoms with Gasteiger partial charge in [0.05, 0.1) is 0 Å². The first-order valence-electron chi connectivity index (χ1n) is 4.11. The van der Waals surface area contributed by atoms with Crippen LogP contribution in [0.2, 0.25) is 0 Å². The Labute approximate surface area is 79.9 Å². The Balaban J connectivity index is 4.83. The summed E-state index contributed by atoms with van der Waals surface area (Å²) >= 11 is 0. The van der Waals surface area contributed by atoms with Crippen molar-refractivity contribution in [2.75, 3.05) is 7.05 Å². The summed E-state index contributed by atoms with van der Waals surface area (Å²) in [4.78, 5) is 4.15. The van der Waals surface area contributed by atoms with Gasteiger partial charge in [0.2, 0.25) is 0 Å². The average molecular weight is 179 g/mol. The van der Waals surface area contributed by atoms with E-state index in [2.05, 4.69) is 28.8 Å². The van der Waals surface area contributed by atoms with Crippen molar-refractivity contribution in [3.05, 3.63) is 36.4 Å². The molecule has 0 amide bonds. The van der Waals surface area contributed by atoms with Gasteiger partial charge in [-0.3, -0.25) is 0 Å². The Morgan fingerprint density at radius 3 is 2.46 bits per heavy atom. The second-order valence-corrected chi connectivity index (χ2v) is 2.44. The number of nitrogens with one attached hydrogen (secondary N) is 2. The van der Waals surface area contributed by atoms with E-state index in [4.69, 9.17) is 0 Å². The first-order valence-corrected chi connectivity index (χ1v) is 4.11. The molecule has 3 heteroatoms. The Morgan fingerprint density at radius 1 is 1.46 bits per heavy atom. The topological polar surface area (TPSA) is 36.4 Å². The molecule has 0 atom stereocenters. The van der Waals surface area contributed by atoms with Gasteiger partial charge < -0.3 is 10.6 Å². The van der Waals surface area contributed by atoms with Gasteiger partial charge in [-0.1, -0.05) is 13.2 Å². The predicted octanol–water partition coefficient (Wildman–Crippen LogP) is 1.77. The standard InChI is InChI=1S/C10H17N3/c1-6-12-10(13-7-2)8(3)9(4)11-5/h6-7,11-12H,1,4H2,2-3,5H3/b10-8+,13-7-. The third-order valence-electron chi connectivity index (χ3n) is 1.61. The highest BCUT2D eigenvalue weighted by Gasteiger charge is 2.00. The van der Waals surface area contributed by atoms with Gasteiger partial charge in [-0.05, 0) is 20.0 Å². The molecule has 0 spiro atoms. The van der Waals surface area contributed by atoms with Crippen molar-refractivity contribution in [2.24, 2.45) is 4.99 Å². The summed E-state index contributed by atoms with van der Waals surface area (Å²) in [6.45, 7) is 11.2. The molecular weight excluding hydrogens is 162 g/mol. The maximum absolute atomic E-state index is 4.15. The average Bonchev–Trinajstić information content (AvgIpc) is 2.15. The summed E-state index contributed by atoms with van der Waals surface area (Å²) in [6, 6.07) is 0. The van der Waals surface area contributed by atoms with Crippen LogP contribution in [-0.2, 0) is 0 Å². The maximum Gasteiger partial charge on any atom is 0.134 e. The molecule has 3 nitrogen and oxygen atoms in total. The summed E-state index contributed by atoms with van der Waals surface area (Å²) in [5, 5.41) is 5.90. The summed E-state index contributed by atoms with van der Waals surface area (Å²) < 4.78 is 0. The zero-order chi connectivity index (χ0) is 10.3. The van der Waals surface area contributed by atoms with Gasteiger partial charge in [-0.25, -0.2) is 4.99 Å². The number of nitrogens with zero attached hydrogens (tertiary/aromatic N) is 1. The highest BCUT2D eigenvalue weighted by Crippen LogP contribution is 2.08. The summed E-state index contributed by atoms with van der Waals surface area (Å²) in [7, 11) is 1.83. The fourth-order valence-corrected chi connectivity index (χ4v) is 0.799. The van der Waals surface area contributed by atoms with E-state index in [1.165, 1.54) is 0 Å². The SMILES string of the molecule is C=CNC(/N=C\C)=C(/C)C(=C)NC. The van der Waals surface area contributed by atoms with E-state index in [0.29, 0.717) is 0 Å². The highest BCUT2D eigenvalue weighted by atomic mass is 15.0. The van der Waals surface area contributed by atoms with Crippen LogP contribution in [0.15, 0.2) is 41.4 Å². The minimum absolute atomic E-state index is 0.761. The van der Waals surface area contributed by atoms with Crippen molar-refractivity contribution in [3.8, 4) is 0 Å². The van der Waals surface area contributed by atoms with Crippen molar-refractivity contribution < 1.29 is 0 Å². The fraction of sp³-hybridized carbons (Fsp3) is 0.300. The second kappa shape index (κ2) is 6.06. The van der Waals surface area contributed by atoms with Gasteiger partial charge >= 0.3 is 0 Å². The molecule has 0 aromatic heterocycles. The molecule has 0 saturated carbocycles. The summed E-state index contributed by atoms with van der Waals surface area (Å²) in [6.07, 6.45) is 3.31. The van der Waals surface area contributed by atoms with Crippen LogP contribution in [0.4, 0.5) is 0 Å². The number of likely N-dealkylation sites (N-methyl/N-ethyl adjacent to an activating group) is 1. The van der Waals surface area contributed by atoms with Gasteiger partial charge in [0.25, 0.3) is 0 Å². The molecule has 0 heterocycles. The van der Waals surface area contributed by atoms with E-state index in [0.717, 1.165) is 17.1 Å². The Kier molecular flexibility index (Phi) is 5.35. The Bertz CT molecular complexity index is 249. The van der Waals surface area contributed by atoms with E-state index in [1.54, 1.807) is 12.4 Å². The molecule has 0 aliphatic carbocycles. The molecule has 2 N–H and O–H groups in total. The normalized spacial score (nSPS) is 12.2. The molecule has 0 unspecified atom stereocenters. The van der Waals surface area contributed by atoms with Crippen LogP contribution in [0.3, 0.4) is 0 Å². The monoisotopic (exact) mass is 179 g/mol. The van der Waals surface area contributed by atoms with E-state index in [-0.39, 0.29) is 0 Å². The third kappa shape index (κ3) is 3.60. The molecule has 72 valence electrons.